The number of hydrogen-bond donors (Lipinski definition) is 2. The lowest BCUT2D eigenvalue weighted by Gasteiger charge is -2.02. The quantitative estimate of drug-likeness (QED) is 0.436. The predicted octanol–water partition coefficient (Wildman–Crippen LogP) is 3.85. The van der Waals surface area contributed by atoms with Gasteiger partial charge in [0.15, 0.2) is 5.13 Å². The van der Waals surface area contributed by atoms with Crippen molar-refractivity contribution in [2.24, 2.45) is 0 Å². The molecule has 0 aliphatic heterocycles. The predicted molar refractivity (Wildman–Crippen MR) is 118 cm³/mol. The van der Waals surface area contributed by atoms with Crippen molar-refractivity contribution in [1.82, 2.24) is 9.97 Å². The van der Waals surface area contributed by atoms with Crippen molar-refractivity contribution in [3.05, 3.63) is 40.2 Å². The summed E-state index contributed by atoms with van der Waals surface area (Å²) in [5.74, 6) is -0.0161. The first-order valence-corrected chi connectivity index (χ1v) is 10.8. The van der Waals surface area contributed by atoms with E-state index in [0.717, 1.165) is 16.3 Å². The lowest BCUT2D eigenvalue weighted by molar-refractivity contribution is -0.142. The maximum Gasteiger partial charge on any atom is 0.311 e. The summed E-state index contributed by atoms with van der Waals surface area (Å²) in [4.78, 5) is 34.3. The summed E-state index contributed by atoms with van der Waals surface area (Å²) in [6.45, 7) is 2.06. The average molecular weight is 443 g/mol. The Morgan fingerprint density at radius 1 is 1.23 bits per heavy atom. The van der Waals surface area contributed by atoms with Crippen molar-refractivity contribution >= 4 is 66.5 Å². The van der Waals surface area contributed by atoms with Crippen LogP contribution in [-0.2, 0) is 16.0 Å². The van der Waals surface area contributed by atoms with Gasteiger partial charge in [-0.2, -0.15) is 0 Å². The molecule has 10 heteroatoms. The van der Waals surface area contributed by atoms with Crippen LogP contribution >= 0.6 is 22.7 Å². The molecule has 0 bridgehead atoms. The number of rotatable bonds is 6. The fourth-order valence-electron chi connectivity index (χ4n) is 2.93. The van der Waals surface area contributed by atoms with Gasteiger partial charge in [-0.1, -0.05) is 0 Å². The molecular formula is C20H18N4O4S2. The molecule has 30 heavy (non-hydrogen) atoms. The number of pyridine rings is 1. The molecule has 1 amide bonds. The zero-order chi connectivity index (χ0) is 21.3. The van der Waals surface area contributed by atoms with E-state index in [-0.39, 0.29) is 18.3 Å². The third-order valence-corrected chi connectivity index (χ3v) is 6.25. The second-order valence-electron chi connectivity index (χ2n) is 6.32. The highest BCUT2D eigenvalue weighted by Gasteiger charge is 2.19. The van der Waals surface area contributed by atoms with E-state index in [1.54, 1.807) is 19.4 Å². The number of nitrogens with one attached hydrogen (secondary N) is 1. The topological polar surface area (TPSA) is 116 Å². The Kier molecular flexibility index (Phi) is 5.51. The molecule has 0 saturated carbocycles. The van der Waals surface area contributed by atoms with Gasteiger partial charge in [0, 0.05) is 22.2 Å². The standard InChI is InChI=1S/C20H18N4O4S2/c1-3-28-15(25)7-11-9-29-20(22-11)24-18(26)17-16(21)13-6-10-4-5-12(27-2)8-14(10)23-19(13)30-17/h4-6,8-9H,3,7,21H2,1-2H3,(H,22,24,26). The van der Waals surface area contributed by atoms with Crippen molar-refractivity contribution in [3.8, 4) is 5.75 Å². The molecule has 0 atom stereocenters. The molecular weight excluding hydrogens is 424 g/mol. The SMILES string of the molecule is CCOC(=O)Cc1csc(NC(=O)c2sc3nc4cc(OC)ccc4cc3c2N)n1. The molecule has 0 radical (unpaired) electrons. The smallest absolute Gasteiger partial charge is 0.311 e. The summed E-state index contributed by atoms with van der Waals surface area (Å²) in [5.41, 5.74) is 7.93. The van der Waals surface area contributed by atoms with Crippen LogP contribution in [0.1, 0.15) is 22.3 Å². The molecule has 154 valence electrons. The van der Waals surface area contributed by atoms with E-state index in [4.69, 9.17) is 15.2 Å². The lowest BCUT2D eigenvalue weighted by Crippen LogP contribution is -2.12. The van der Waals surface area contributed by atoms with Crippen molar-refractivity contribution in [2.75, 3.05) is 24.8 Å². The number of nitrogens with zero attached hydrogens (tertiary/aromatic N) is 2. The molecule has 0 unspecified atom stereocenters. The molecule has 3 aromatic heterocycles. The highest BCUT2D eigenvalue weighted by molar-refractivity contribution is 7.21. The second-order valence-corrected chi connectivity index (χ2v) is 8.18. The number of nitrogens with two attached hydrogens (primary N) is 1. The van der Waals surface area contributed by atoms with Crippen LogP contribution in [0, 0.1) is 0 Å². The third-order valence-electron chi connectivity index (χ3n) is 4.33. The number of nitrogen functional groups attached to an aromatic ring is 1. The summed E-state index contributed by atoms with van der Waals surface area (Å²) in [6.07, 6.45) is 0.0607. The normalized spacial score (nSPS) is 11.0. The van der Waals surface area contributed by atoms with Crippen molar-refractivity contribution in [1.29, 1.82) is 0 Å². The maximum atomic E-state index is 12.8. The van der Waals surface area contributed by atoms with E-state index in [0.29, 0.717) is 38.6 Å². The van der Waals surface area contributed by atoms with Crippen molar-refractivity contribution in [2.45, 2.75) is 13.3 Å². The minimum atomic E-state index is -0.367. The molecule has 0 aliphatic rings. The largest absolute Gasteiger partial charge is 0.497 e. The molecule has 8 nitrogen and oxygen atoms in total. The van der Waals surface area contributed by atoms with E-state index in [1.165, 1.54) is 22.7 Å². The number of methoxy groups -OCH3 is 1. The van der Waals surface area contributed by atoms with Gasteiger partial charge in [0.05, 0.1) is 37.0 Å². The van der Waals surface area contributed by atoms with Gasteiger partial charge in [0.2, 0.25) is 0 Å². The molecule has 3 heterocycles. The number of esters is 1. The molecule has 0 spiro atoms. The number of ether oxygens (including phenoxy) is 2. The molecule has 4 rings (SSSR count). The van der Waals surface area contributed by atoms with Gasteiger partial charge >= 0.3 is 5.97 Å². The number of thiophene rings is 1. The van der Waals surface area contributed by atoms with Gasteiger partial charge in [-0.15, -0.1) is 22.7 Å². The Hall–Kier alpha value is -3.24. The van der Waals surface area contributed by atoms with E-state index in [2.05, 4.69) is 15.3 Å². The molecule has 0 fully saturated rings. The van der Waals surface area contributed by atoms with Gasteiger partial charge in [0.1, 0.15) is 15.5 Å². The molecule has 3 N–H and O–H groups in total. The van der Waals surface area contributed by atoms with E-state index < -0.39 is 0 Å². The first-order valence-electron chi connectivity index (χ1n) is 9.06. The number of hydrogen-bond acceptors (Lipinski definition) is 9. The summed E-state index contributed by atoms with van der Waals surface area (Å²) in [5, 5.41) is 6.48. The Morgan fingerprint density at radius 3 is 2.83 bits per heavy atom. The minimum absolute atomic E-state index is 0.0607. The molecule has 1 aromatic carbocycles. The Morgan fingerprint density at radius 2 is 2.07 bits per heavy atom. The number of fused-ring (bicyclic) bond motifs is 2. The Labute approximate surface area is 179 Å². The molecule has 0 saturated heterocycles. The monoisotopic (exact) mass is 442 g/mol. The summed E-state index contributed by atoms with van der Waals surface area (Å²) >= 11 is 2.45. The number of thiazole rings is 1. The summed E-state index contributed by atoms with van der Waals surface area (Å²) < 4.78 is 10.2. The molecule has 4 aromatic rings. The van der Waals surface area contributed by atoms with Crippen LogP contribution in [-0.4, -0.2) is 35.6 Å². The molecule has 0 aliphatic carbocycles. The van der Waals surface area contributed by atoms with Gasteiger partial charge in [-0.3, -0.25) is 14.9 Å². The lowest BCUT2D eigenvalue weighted by atomic mass is 10.1. The van der Waals surface area contributed by atoms with Crippen LogP contribution in [0.4, 0.5) is 10.8 Å². The van der Waals surface area contributed by atoms with E-state index in [9.17, 15) is 9.59 Å². The highest BCUT2D eigenvalue weighted by Crippen LogP contribution is 2.35. The Bertz CT molecular complexity index is 1260. The third kappa shape index (κ3) is 3.91. The van der Waals surface area contributed by atoms with Gasteiger partial charge < -0.3 is 15.2 Å². The zero-order valence-electron chi connectivity index (χ0n) is 16.2. The van der Waals surface area contributed by atoms with Crippen LogP contribution in [0.2, 0.25) is 0 Å². The van der Waals surface area contributed by atoms with Crippen LogP contribution in [0.3, 0.4) is 0 Å². The van der Waals surface area contributed by atoms with Crippen LogP contribution in [0.5, 0.6) is 5.75 Å². The minimum Gasteiger partial charge on any atom is -0.497 e. The Balaban J connectivity index is 1.59. The first-order chi connectivity index (χ1) is 14.5. The maximum absolute atomic E-state index is 12.8. The average Bonchev–Trinajstić information content (AvgIpc) is 3.29. The van der Waals surface area contributed by atoms with Crippen molar-refractivity contribution < 1.29 is 19.1 Å². The number of carbonyl (C=O) groups excluding carboxylic acids is 2. The number of anilines is 2. The highest BCUT2D eigenvalue weighted by atomic mass is 32.1. The number of aromatic nitrogens is 2. The van der Waals surface area contributed by atoms with Gasteiger partial charge in [-0.05, 0) is 25.1 Å². The number of carbonyl (C=O) groups is 2. The first kappa shape index (κ1) is 20.0. The number of benzene rings is 1. The van der Waals surface area contributed by atoms with Crippen LogP contribution < -0.4 is 15.8 Å². The zero-order valence-corrected chi connectivity index (χ0v) is 17.9. The van der Waals surface area contributed by atoms with Crippen LogP contribution in [0.15, 0.2) is 29.6 Å². The summed E-state index contributed by atoms with van der Waals surface area (Å²) in [6, 6.07) is 7.51. The van der Waals surface area contributed by atoms with Crippen LogP contribution in [0.25, 0.3) is 21.1 Å². The number of amides is 1. The van der Waals surface area contributed by atoms with Crippen molar-refractivity contribution in [3.63, 3.8) is 0 Å². The van der Waals surface area contributed by atoms with Gasteiger partial charge in [0.25, 0.3) is 5.91 Å². The fraction of sp³-hybridized carbons (Fsp3) is 0.200. The van der Waals surface area contributed by atoms with E-state index in [1.807, 2.05) is 24.3 Å². The van der Waals surface area contributed by atoms with Gasteiger partial charge in [-0.25, -0.2) is 9.97 Å². The fourth-order valence-corrected chi connectivity index (χ4v) is 4.61. The second kappa shape index (κ2) is 8.25. The van der Waals surface area contributed by atoms with E-state index >= 15 is 0 Å². The summed E-state index contributed by atoms with van der Waals surface area (Å²) in [7, 11) is 1.60.